The van der Waals surface area contributed by atoms with Crippen molar-refractivity contribution < 1.29 is 23.9 Å². The number of esters is 1. The molecule has 0 unspecified atom stereocenters. The van der Waals surface area contributed by atoms with Gasteiger partial charge in [-0.2, -0.15) is 0 Å². The van der Waals surface area contributed by atoms with Crippen molar-refractivity contribution in [3.63, 3.8) is 0 Å². The standard InChI is InChI=1S/C23H27NO5/c1-4-28-22-8-6-5-7-20(22)13-14-23(27)29-15-21(26)19-11-9-18(10-12-19)16(2)24-17(3)25/h5-12,16H,4,13-15H2,1-3H3,(H,24,25)/t16-/m0/s1. The molecule has 0 bridgehead atoms. The van der Waals surface area contributed by atoms with Crippen LogP contribution < -0.4 is 10.1 Å². The van der Waals surface area contributed by atoms with Crippen LogP contribution in [0.25, 0.3) is 0 Å². The second-order valence-electron chi connectivity index (χ2n) is 6.67. The zero-order valence-corrected chi connectivity index (χ0v) is 17.1. The Morgan fingerprint density at radius 2 is 1.72 bits per heavy atom. The summed E-state index contributed by atoms with van der Waals surface area (Å²) in [4.78, 5) is 35.4. The lowest BCUT2D eigenvalue weighted by Gasteiger charge is -2.13. The normalized spacial score (nSPS) is 11.4. The number of aryl methyl sites for hydroxylation is 1. The van der Waals surface area contributed by atoms with E-state index in [-0.39, 0.29) is 30.8 Å². The van der Waals surface area contributed by atoms with Crippen LogP contribution in [0.2, 0.25) is 0 Å². The summed E-state index contributed by atoms with van der Waals surface area (Å²) >= 11 is 0. The molecule has 0 saturated heterocycles. The molecule has 0 aliphatic heterocycles. The molecule has 2 aromatic carbocycles. The Kier molecular flexibility index (Phi) is 8.40. The number of amides is 1. The van der Waals surface area contributed by atoms with Crippen LogP contribution in [0.5, 0.6) is 5.75 Å². The number of carbonyl (C=O) groups is 3. The highest BCUT2D eigenvalue weighted by molar-refractivity contribution is 5.98. The van der Waals surface area contributed by atoms with Gasteiger partial charge in [0.25, 0.3) is 0 Å². The number of rotatable bonds is 10. The van der Waals surface area contributed by atoms with Gasteiger partial charge in [0.1, 0.15) is 5.75 Å². The molecule has 0 aliphatic rings. The lowest BCUT2D eigenvalue weighted by Crippen LogP contribution is -2.23. The first-order chi connectivity index (χ1) is 13.9. The molecule has 2 aromatic rings. The second-order valence-corrected chi connectivity index (χ2v) is 6.67. The van der Waals surface area contributed by atoms with Gasteiger partial charge in [-0.15, -0.1) is 0 Å². The van der Waals surface area contributed by atoms with Gasteiger partial charge in [0.15, 0.2) is 12.4 Å². The van der Waals surface area contributed by atoms with Gasteiger partial charge in [-0.25, -0.2) is 0 Å². The fraction of sp³-hybridized carbons (Fsp3) is 0.348. The van der Waals surface area contributed by atoms with Crippen molar-refractivity contribution in [3.05, 3.63) is 65.2 Å². The Morgan fingerprint density at radius 3 is 2.38 bits per heavy atom. The lowest BCUT2D eigenvalue weighted by molar-refractivity contribution is -0.142. The van der Waals surface area contributed by atoms with Gasteiger partial charge in [-0.1, -0.05) is 42.5 Å². The maximum Gasteiger partial charge on any atom is 0.306 e. The summed E-state index contributed by atoms with van der Waals surface area (Å²) in [6.45, 7) is 5.48. The predicted octanol–water partition coefficient (Wildman–Crippen LogP) is 3.64. The van der Waals surface area contributed by atoms with Crippen LogP contribution in [0.4, 0.5) is 0 Å². The highest BCUT2D eigenvalue weighted by atomic mass is 16.5. The third kappa shape index (κ3) is 7.07. The molecular weight excluding hydrogens is 370 g/mol. The van der Waals surface area contributed by atoms with Gasteiger partial charge in [-0.3, -0.25) is 14.4 Å². The fourth-order valence-corrected chi connectivity index (χ4v) is 2.89. The average molecular weight is 397 g/mol. The zero-order chi connectivity index (χ0) is 21.2. The van der Waals surface area contributed by atoms with Crippen molar-refractivity contribution in [3.8, 4) is 5.75 Å². The number of ether oxygens (including phenoxy) is 2. The second kappa shape index (κ2) is 11.0. The number of nitrogens with one attached hydrogen (secondary N) is 1. The molecule has 29 heavy (non-hydrogen) atoms. The number of carbonyl (C=O) groups excluding carboxylic acids is 3. The van der Waals surface area contributed by atoms with Crippen molar-refractivity contribution in [2.24, 2.45) is 0 Å². The molecule has 1 N–H and O–H groups in total. The summed E-state index contributed by atoms with van der Waals surface area (Å²) in [7, 11) is 0. The quantitative estimate of drug-likeness (QED) is 0.489. The van der Waals surface area contributed by atoms with Crippen LogP contribution in [-0.4, -0.2) is 30.9 Å². The van der Waals surface area contributed by atoms with E-state index in [0.717, 1.165) is 16.9 Å². The average Bonchev–Trinajstić information content (AvgIpc) is 2.71. The highest BCUT2D eigenvalue weighted by Gasteiger charge is 2.13. The molecule has 6 heteroatoms. The topological polar surface area (TPSA) is 81.7 Å². The summed E-state index contributed by atoms with van der Waals surface area (Å²) < 4.78 is 10.7. The number of benzene rings is 2. The number of Topliss-reactive ketones (excluding diaryl/α,β-unsaturated/α-hetero) is 1. The monoisotopic (exact) mass is 397 g/mol. The van der Waals surface area contributed by atoms with Gasteiger partial charge in [0, 0.05) is 18.9 Å². The first kappa shape index (κ1) is 22.1. The first-order valence-electron chi connectivity index (χ1n) is 9.67. The van der Waals surface area contributed by atoms with Crippen LogP contribution in [0.1, 0.15) is 54.7 Å². The summed E-state index contributed by atoms with van der Waals surface area (Å²) in [5.74, 6) is -0.0618. The number of hydrogen-bond donors (Lipinski definition) is 1. The third-order valence-corrected chi connectivity index (χ3v) is 4.39. The Bertz CT molecular complexity index is 845. The molecule has 0 radical (unpaired) electrons. The van der Waals surface area contributed by atoms with Crippen LogP contribution in [0, 0.1) is 0 Å². The molecular formula is C23H27NO5. The molecule has 1 atom stereocenters. The molecule has 1 amide bonds. The van der Waals surface area contributed by atoms with E-state index < -0.39 is 5.97 Å². The van der Waals surface area contributed by atoms with E-state index >= 15 is 0 Å². The van der Waals surface area contributed by atoms with E-state index in [2.05, 4.69) is 5.32 Å². The summed E-state index contributed by atoms with van der Waals surface area (Å²) in [6, 6.07) is 14.3. The Labute approximate surface area is 171 Å². The van der Waals surface area contributed by atoms with Crippen LogP contribution in [0.3, 0.4) is 0 Å². The van der Waals surface area contributed by atoms with Gasteiger partial charge in [0.05, 0.1) is 12.6 Å². The molecule has 6 nitrogen and oxygen atoms in total. The van der Waals surface area contributed by atoms with E-state index in [0.29, 0.717) is 18.6 Å². The van der Waals surface area contributed by atoms with Gasteiger partial charge < -0.3 is 14.8 Å². The minimum absolute atomic E-state index is 0.117. The fourth-order valence-electron chi connectivity index (χ4n) is 2.89. The molecule has 0 spiro atoms. The maximum absolute atomic E-state index is 12.3. The minimum Gasteiger partial charge on any atom is -0.494 e. The molecule has 0 saturated carbocycles. The van der Waals surface area contributed by atoms with Crippen molar-refractivity contribution in [1.29, 1.82) is 0 Å². The number of para-hydroxylation sites is 1. The number of ketones is 1. The van der Waals surface area contributed by atoms with Crippen molar-refractivity contribution >= 4 is 17.7 Å². The van der Waals surface area contributed by atoms with Crippen molar-refractivity contribution in [2.45, 2.75) is 39.7 Å². The lowest BCUT2D eigenvalue weighted by atomic mass is 10.0. The third-order valence-electron chi connectivity index (χ3n) is 4.39. The van der Waals surface area contributed by atoms with Crippen LogP contribution >= 0.6 is 0 Å². The van der Waals surface area contributed by atoms with Crippen LogP contribution in [-0.2, 0) is 20.7 Å². The van der Waals surface area contributed by atoms with Crippen LogP contribution in [0.15, 0.2) is 48.5 Å². The number of hydrogen-bond acceptors (Lipinski definition) is 5. The van der Waals surface area contributed by atoms with E-state index in [1.165, 1.54) is 6.92 Å². The smallest absolute Gasteiger partial charge is 0.306 e. The maximum atomic E-state index is 12.3. The molecule has 154 valence electrons. The van der Waals surface area contributed by atoms with E-state index in [4.69, 9.17) is 9.47 Å². The molecule has 0 heterocycles. The Balaban J connectivity index is 1.82. The van der Waals surface area contributed by atoms with Gasteiger partial charge >= 0.3 is 5.97 Å². The van der Waals surface area contributed by atoms with E-state index in [9.17, 15) is 14.4 Å². The zero-order valence-electron chi connectivity index (χ0n) is 17.1. The predicted molar refractivity (Wildman–Crippen MR) is 110 cm³/mol. The van der Waals surface area contributed by atoms with Crippen molar-refractivity contribution in [2.75, 3.05) is 13.2 Å². The van der Waals surface area contributed by atoms with E-state index in [1.807, 2.05) is 38.1 Å². The van der Waals surface area contributed by atoms with Gasteiger partial charge in [-0.05, 0) is 37.5 Å². The largest absolute Gasteiger partial charge is 0.494 e. The molecule has 0 fully saturated rings. The SMILES string of the molecule is CCOc1ccccc1CCC(=O)OCC(=O)c1ccc([C@H](C)NC(C)=O)cc1. The Hall–Kier alpha value is -3.15. The minimum atomic E-state index is -0.430. The summed E-state index contributed by atoms with van der Waals surface area (Å²) in [6.07, 6.45) is 0.656. The molecule has 2 rings (SSSR count). The molecule has 0 aromatic heterocycles. The summed E-state index contributed by atoms with van der Waals surface area (Å²) in [5, 5.41) is 2.79. The molecule has 0 aliphatic carbocycles. The van der Waals surface area contributed by atoms with E-state index in [1.54, 1.807) is 24.3 Å². The summed E-state index contributed by atoms with van der Waals surface area (Å²) in [5.41, 5.74) is 2.28. The first-order valence-corrected chi connectivity index (χ1v) is 9.67. The Morgan fingerprint density at radius 1 is 1.03 bits per heavy atom. The van der Waals surface area contributed by atoms with Crippen molar-refractivity contribution in [1.82, 2.24) is 5.32 Å². The van der Waals surface area contributed by atoms with Gasteiger partial charge in [0.2, 0.25) is 5.91 Å². The highest BCUT2D eigenvalue weighted by Crippen LogP contribution is 2.19.